The number of pyridine rings is 1. The third-order valence-electron chi connectivity index (χ3n) is 3.96. The van der Waals surface area contributed by atoms with E-state index >= 15 is 0 Å². The molecule has 0 unspecified atom stereocenters. The molecule has 134 valence electrons. The van der Waals surface area contributed by atoms with Crippen LogP contribution in [0.2, 0.25) is 0 Å². The monoisotopic (exact) mass is 364 g/mol. The molecule has 3 rings (SSSR count). The molecule has 0 aromatic carbocycles. The molecule has 25 heavy (non-hydrogen) atoms. The van der Waals surface area contributed by atoms with Crippen molar-refractivity contribution in [3.63, 3.8) is 0 Å². The van der Waals surface area contributed by atoms with Crippen LogP contribution in [0.25, 0.3) is 0 Å². The van der Waals surface area contributed by atoms with E-state index in [0.717, 1.165) is 12.5 Å². The van der Waals surface area contributed by atoms with Gasteiger partial charge in [0.05, 0.1) is 29.7 Å². The number of hydrogen-bond donors (Lipinski definition) is 3. The molecule has 1 atom stereocenters. The van der Waals surface area contributed by atoms with E-state index in [1.165, 1.54) is 6.07 Å². The van der Waals surface area contributed by atoms with Gasteiger partial charge < -0.3 is 20.4 Å². The van der Waals surface area contributed by atoms with Gasteiger partial charge in [-0.3, -0.25) is 5.10 Å². The van der Waals surface area contributed by atoms with Crippen molar-refractivity contribution < 1.29 is 13.2 Å². The van der Waals surface area contributed by atoms with Gasteiger partial charge >= 0.3 is 0 Å². The highest BCUT2D eigenvalue weighted by atomic mass is 32.2. The molecule has 0 saturated carbocycles. The Morgan fingerprint density at radius 2 is 2.32 bits per heavy atom. The summed E-state index contributed by atoms with van der Waals surface area (Å²) in [6, 6.07) is 3.28. The Labute approximate surface area is 145 Å². The molecule has 2 aromatic heterocycles. The lowest BCUT2D eigenvalue weighted by atomic mass is 10.2. The summed E-state index contributed by atoms with van der Waals surface area (Å²) in [5, 5.41) is 17.3. The van der Waals surface area contributed by atoms with Crippen LogP contribution in [0.3, 0.4) is 0 Å². The van der Waals surface area contributed by atoms with Crippen LogP contribution in [0.15, 0.2) is 23.2 Å². The van der Waals surface area contributed by atoms with E-state index in [1.807, 2.05) is 11.8 Å². The number of nitrogens with zero attached hydrogens (tertiary/aromatic N) is 3. The van der Waals surface area contributed by atoms with Gasteiger partial charge in [-0.15, -0.1) is 0 Å². The molecule has 0 bridgehead atoms. The molecule has 0 amide bonds. The average Bonchev–Trinajstić information content (AvgIpc) is 3.07. The van der Waals surface area contributed by atoms with Crippen molar-refractivity contribution in [1.29, 1.82) is 5.41 Å². The Hall–Kier alpha value is -2.46. The average molecular weight is 364 g/mol. The second-order valence-corrected chi connectivity index (χ2v) is 7.84. The van der Waals surface area contributed by atoms with Gasteiger partial charge in [-0.2, -0.15) is 5.10 Å². The van der Waals surface area contributed by atoms with E-state index in [0.29, 0.717) is 31.4 Å². The predicted molar refractivity (Wildman–Crippen MR) is 94.7 cm³/mol. The van der Waals surface area contributed by atoms with Crippen molar-refractivity contribution in [2.24, 2.45) is 0 Å². The summed E-state index contributed by atoms with van der Waals surface area (Å²) >= 11 is 0. The van der Waals surface area contributed by atoms with E-state index in [-0.39, 0.29) is 22.3 Å². The van der Waals surface area contributed by atoms with Crippen molar-refractivity contribution in [1.82, 2.24) is 15.2 Å². The molecule has 1 aliphatic rings. The lowest BCUT2D eigenvalue weighted by molar-refractivity contribution is 0.0985. The Morgan fingerprint density at radius 3 is 2.92 bits per heavy atom. The van der Waals surface area contributed by atoms with Gasteiger partial charge in [0.25, 0.3) is 0 Å². The Morgan fingerprint density at radius 1 is 1.52 bits per heavy atom. The zero-order valence-electron chi connectivity index (χ0n) is 14.0. The molecule has 3 N–H and O–H groups in total. The number of nitrogens with one attached hydrogen (secondary N) is 3. The predicted octanol–water partition coefficient (Wildman–Crippen LogP) is 1.17. The molecule has 0 aliphatic carbocycles. The maximum Gasteiger partial charge on any atom is 0.176 e. The molecule has 2 aromatic rings. The molecule has 0 spiro atoms. The zero-order chi connectivity index (χ0) is 18.0. The van der Waals surface area contributed by atoms with E-state index < -0.39 is 9.84 Å². The Kier molecular flexibility index (Phi) is 4.73. The van der Waals surface area contributed by atoms with Gasteiger partial charge in [0, 0.05) is 37.3 Å². The number of hydrogen-bond acceptors (Lipinski definition) is 8. The third-order valence-corrected chi connectivity index (χ3v) is 5.10. The summed E-state index contributed by atoms with van der Waals surface area (Å²) in [5.41, 5.74) is 0.204. The zero-order valence-corrected chi connectivity index (χ0v) is 14.8. The van der Waals surface area contributed by atoms with Crippen LogP contribution in [-0.2, 0) is 14.6 Å². The van der Waals surface area contributed by atoms with Crippen LogP contribution in [0, 0.1) is 5.41 Å². The smallest absolute Gasteiger partial charge is 0.176 e. The molecule has 1 saturated heterocycles. The van der Waals surface area contributed by atoms with Gasteiger partial charge in [-0.05, 0) is 6.92 Å². The number of anilines is 3. The summed E-state index contributed by atoms with van der Waals surface area (Å²) in [6.45, 7) is 3.70. The minimum atomic E-state index is -3.54. The van der Waals surface area contributed by atoms with Crippen molar-refractivity contribution in [2.45, 2.75) is 17.9 Å². The van der Waals surface area contributed by atoms with Crippen LogP contribution >= 0.6 is 0 Å². The standard InChI is InChI=1S/C15H20N6O3S/c1-10-9-24-6-5-21(10)14-7-12(25(2,22)23)11(8-16)15(19-14)18-13-3-4-17-20-13/h3-4,7-8,10,16H,5-6,9H2,1-2H3,(H2,17,18,19,20)/t10-/m1/s1. The highest BCUT2D eigenvalue weighted by Gasteiger charge is 2.25. The van der Waals surface area contributed by atoms with Gasteiger partial charge in [-0.25, -0.2) is 13.4 Å². The van der Waals surface area contributed by atoms with Crippen LogP contribution in [0.5, 0.6) is 0 Å². The molecule has 9 nitrogen and oxygen atoms in total. The number of ether oxygens (including phenoxy) is 1. The second-order valence-electron chi connectivity index (χ2n) is 5.86. The van der Waals surface area contributed by atoms with E-state index in [2.05, 4.69) is 20.5 Å². The van der Waals surface area contributed by atoms with Crippen LogP contribution in [0.1, 0.15) is 12.5 Å². The largest absolute Gasteiger partial charge is 0.377 e. The lowest BCUT2D eigenvalue weighted by Gasteiger charge is -2.34. The maximum absolute atomic E-state index is 12.3. The second kappa shape index (κ2) is 6.81. The highest BCUT2D eigenvalue weighted by Crippen LogP contribution is 2.29. The highest BCUT2D eigenvalue weighted by molar-refractivity contribution is 7.90. The molecule has 1 aliphatic heterocycles. The topological polar surface area (TPSA) is 124 Å². The summed E-state index contributed by atoms with van der Waals surface area (Å²) in [7, 11) is -3.54. The van der Waals surface area contributed by atoms with Gasteiger partial charge in [0.1, 0.15) is 11.6 Å². The van der Waals surface area contributed by atoms with Crippen molar-refractivity contribution in [2.75, 3.05) is 36.2 Å². The van der Waals surface area contributed by atoms with Gasteiger partial charge in [-0.1, -0.05) is 0 Å². The van der Waals surface area contributed by atoms with E-state index in [1.54, 1.807) is 12.3 Å². The third kappa shape index (κ3) is 3.64. The molecule has 0 radical (unpaired) electrons. The summed E-state index contributed by atoms with van der Waals surface area (Å²) in [4.78, 5) is 6.62. The lowest BCUT2D eigenvalue weighted by Crippen LogP contribution is -2.44. The minimum Gasteiger partial charge on any atom is -0.377 e. The first-order chi connectivity index (χ1) is 11.9. The summed E-state index contributed by atoms with van der Waals surface area (Å²) in [5.74, 6) is 1.29. The first-order valence-electron chi connectivity index (χ1n) is 7.77. The maximum atomic E-state index is 12.3. The quantitative estimate of drug-likeness (QED) is 0.680. The molecule has 3 heterocycles. The number of H-pyrrole nitrogens is 1. The number of rotatable bonds is 5. The molecule has 1 fully saturated rings. The normalized spacial score (nSPS) is 18.2. The number of aromatic amines is 1. The van der Waals surface area contributed by atoms with Crippen LogP contribution in [-0.4, -0.2) is 61.9 Å². The number of sulfone groups is 1. The fourth-order valence-corrected chi connectivity index (χ4v) is 3.60. The summed E-state index contributed by atoms with van der Waals surface area (Å²) < 4.78 is 30.0. The fraction of sp³-hybridized carbons (Fsp3) is 0.400. The number of morpholine rings is 1. The molecular weight excluding hydrogens is 344 g/mol. The SMILES string of the molecule is C[C@@H]1COCCN1c1cc(S(C)(=O)=O)c(C=N)c(Nc2cc[nH]n2)n1. The van der Waals surface area contributed by atoms with Crippen molar-refractivity contribution in [3.05, 3.63) is 23.9 Å². The van der Waals surface area contributed by atoms with Crippen LogP contribution in [0.4, 0.5) is 17.5 Å². The van der Waals surface area contributed by atoms with Gasteiger partial charge in [0.2, 0.25) is 0 Å². The summed E-state index contributed by atoms with van der Waals surface area (Å²) in [6.07, 6.45) is 3.75. The molecule has 10 heteroatoms. The van der Waals surface area contributed by atoms with E-state index in [9.17, 15) is 8.42 Å². The Balaban J connectivity index is 2.14. The van der Waals surface area contributed by atoms with E-state index in [4.69, 9.17) is 10.1 Å². The minimum absolute atomic E-state index is 0.0595. The van der Waals surface area contributed by atoms with Crippen LogP contribution < -0.4 is 10.2 Å². The van der Waals surface area contributed by atoms with Crippen molar-refractivity contribution in [3.8, 4) is 0 Å². The number of aromatic nitrogens is 3. The van der Waals surface area contributed by atoms with Gasteiger partial charge in [0.15, 0.2) is 15.7 Å². The fourth-order valence-electron chi connectivity index (χ4n) is 2.73. The first-order valence-corrected chi connectivity index (χ1v) is 9.66. The van der Waals surface area contributed by atoms with Crippen molar-refractivity contribution >= 4 is 33.5 Å². The first kappa shape index (κ1) is 17.4. The Bertz CT molecular complexity index is 866. The molecular formula is C15H20N6O3S.